The Balaban J connectivity index is 1.77. The molecule has 0 radical (unpaired) electrons. The third-order valence-electron chi connectivity index (χ3n) is 8.54. The van der Waals surface area contributed by atoms with Crippen molar-refractivity contribution in [2.24, 2.45) is 28.6 Å². The third kappa shape index (κ3) is 1.43. The number of aliphatic hydroxyl groups is 1. The first-order chi connectivity index (χ1) is 12.2. The van der Waals surface area contributed by atoms with Gasteiger partial charge in [0.15, 0.2) is 5.78 Å². The van der Waals surface area contributed by atoms with E-state index in [0.717, 1.165) is 5.57 Å². The molecule has 2 unspecified atom stereocenters. The zero-order valence-electron chi connectivity index (χ0n) is 15.2. The molecule has 1 spiro atoms. The van der Waals surface area contributed by atoms with Crippen LogP contribution in [-0.4, -0.2) is 41.1 Å². The molecule has 140 valence electrons. The Morgan fingerprint density at radius 1 is 1.35 bits per heavy atom. The predicted octanol–water partition coefficient (Wildman–Crippen LogP) is 1.55. The number of carbonyl (C=O) groups excluding carboxylic acids is 3. The van der Waals surface area contributed by atoms with Gasteiger partial charge in [0.05, 0.1) is 18.6 Å². The molecule has 7 atom stereocenters. The zero-order valence-corrected chi connectivity index (χ0v) is 15.2. The highest BCUT2D eigenvalue weighted by molar-refractivity contribution is 6.07. The Morgan fingerprint density at radius 3 is 2.77 bits per heavy atom. The van der Waals surface area contributed by atoms with Crippen molar-refractivity contribution in [3.05, 3.63) is 12.2 Å². The summed E-state index contributed by atoms with van der Waals surface area (Å²) < 4.78 is 11.2. The topological polar surface area (TPSA) is 89.9 Å². The van der Waals surface area contributed by atoms with Crippen molar-refractivity contribution in [3.63, 3.8) is 0 Å². The highest BCUT2D eigenvalue weighted by Gasteiger charge is 2.84. The Morgan fingerprint density at radius 2 is 2.08 bits per heavy atom. The van der Waals surface area contributed by atoms with E-state index in [1.54, 1.807) is 6.92 Å². The van der Waals surface area contributed by atoms with E-state index in [1.807, 2.05) is 0 Å². The number of Topliss-reactive ketones (excluding diaryl/α,β-unsaturated/α-hetero) is 1. The molecule has 0 aromatic carbocycles. The minimum Gasteiger partial charge on any atom is -0.469 e. The van der Waals surface area contributed by atoms with Gasteiger partial charge in [-0.05, 0) is 50.0 Å². The first kappa shape index (κ1) is 16.5. The lowest BCUT2D eigenvalue weighted by Crippen LogP contribution is -2.51. The number of methoxy groups -OCH3 is 1. The van der Waals surface area contributed by atoms with Gasteiger partial charge in [-0.25, -0.2) is 0 Å². The fourth-order valence-electron chi connectivity index (χ4n) is 7.57. The molecule has 4 bridgehead atoms. The second-order valence-corrected chi connectivity index (χ2v) is 9.26. The molecule has 5 rings (SSSR count). The molecule has 6 heteroatoms. The van der Waals surface area contributed by atoms with E-state index in [4.69, 9.17) is 9.47 Å². The molecule has 0 aromatic heterocycles. The molecule has 0 amide bonds. The monoisotopic (exact) mass is 360 g/mol. The van der Waals surface area contributed by atoms with Crippen LogP contribution in [0.25, 0.3) is 0 Å². The average molecular weight is 360 g/mol. The number of ether oxygens (including phenoxy) is 2. The van der Waals surface area contributed by atoms with E-state index in [2.05, 4.69) is 6.58 Å². The number of hydrogen-bond acceptors (Lipinski definition) is 6. The lowest BCUT2D eigenvalue weighted by Gasteiger charge is -2.45. The fraction of sp³-hybridized carbons (Fsp3) is 0.750. The molecule has 4 saturated carbocycles. The van der Waals surface area contributed by atoms with Crippen LogP contribution in [0.15, 0.2) is 12.2 Å². The van der Waals surface area contributed by atoms with Crippen LogP contribution in [0.2, 0.25) is 0 Å². The number of hydrogen-bond donors (Lipinski definition) is 1. The normalized spacial score (nSPS) is 54.0. The Hall–Kier alpha value is -1.69. The van der Waals surface area contributed by atoms with Gasteiger partial charge >= 0.3 is 11.9 Å². The summed E-state index contributed by atoms with van der Waals surface area (Å²) >= 11 is 0. The number of esters is 2. The maximum Gasteiger partial charge on any atom is 0.320 e. The van der Waals surface area contributed by atoms with Crippen LogP contribution in [-0.2, 0) is 23.9 Å². The molecule has 6 nitrogen and oxygen atoms in total. The fourth-order valence-corrected chi connectivity index (χ4v) is 7.57. The van der Waals surface area contributed by atoms with Crippen molar-refractivity contribution >= 4 is 17.7 Å². The Bertz CT molecular complexity index is 787. The van der Waals surface area contributed by atoms with E-state index >= 15 is 0 Å². The van der Waals surface area contributed by atoms with Gasteiger partial charge in [-0.15, -0.1) is 0 Å². The summed E-state index contributed by atoms with van der Waals surface area (Å²) in [6.07, 6.45) is 2.93. The molecular weight excluding hydrogens is 336 g/mol. The lowest BCUT2D eigenvalue weighted by atomic mass is 9.59. The first-order valence-electron chi connectivity index (χ1n) is 9.41. The van der Waals surface area contributed by atoms with Gasteiger partial charge < -0.3 is 14.6 Å². The van der Waals surface area contributed by atoms with Crippen LogP contribution < -0.4 is 0 Å². The number of fused-ring (bicyclic) bond motifs is 1. The smallest absolute Gasteiger partial charge is 0.320 e. The minimum atomic E-state index is -1.30. The molecule has 4 aliphatic carbocycles. The second-order valence-electron chi connectivity index (χ2n) is 9.26. The summed E-state index contributed by atoms with van der Waals surface area (Å²) in [6.45, 7) is 5.73. The molecule has 5 fully saturated rings. The van der Waals surface area contributed by atoms with Gasteiger partial charge in [-0.3, -0.25) is 14.4 Å². The van der Waals surface area contributed by atoms with E-state index in [0.29, 0.717) is 38.5 Å². The van der Waals surface area contributed by atoms with Gasteiger partial charge in [0, 0.05) is 18.3 Å². The van der Waals surface area contributed by atoms with Crippen LogP contribution in [0.5, 0.6) is 0 Å². The number of ketones is 1. The van der Waals surface area contributed by atoms with Crippen molar-refractivity contribution < 1.29 is 29.0 Å². The predicted molar refractivity (Wildman–Crippen MR) is 88.6 cm³/mol. The van der Waals surface area contributed by atoms with E-state index in [1.165, 1.54) is 7.11 Å². The first-order valence-corrected chi connectivity index (χ1v) is 9.41. The van der Waals surface area contributed by atoms with E-state index < -0.39 is 45.8 Å². The molecule has 1 aliphatic heterocycles. The van der Waals surface area contributed by atoms with Crippen molar-refractivity contribution in [1.29, 1.82) is 0 Å². The quantitative estimate of drug-likeness (QED) is 0.433. The molecule has 0 aromatic rings. The van der Waals surface area contributed by atoms with E-state index in [-0.39, 0.29) is 11.7 Å². The molecule has 1 heterocycles. The summed E-state index contributed by atoms with van der Waals surface area (Å²) in [4.78, 5) is 38.6. The maximum absolute atomic E-state index is 13.0. The van der Waals surface area contributed by atoms with Crippen LogP contribution in [0.4, 0.5) is 0 Å². The van der Waals surface area contributed by atoms with Crippen LogP contribution in [0.1, 0.15) is 45.4 Å². The highest BCUT2D eigenvalue weighted by Crippen LogP contribution is 2.78. The molecule has 26 heavy (non-hydrogen) atoms. The van der Waals surface area contributed by atoms with Crippen molar-refractivity contribution in [2.75, 3.05) is 7.11 Å². The maximum atomic E-state index is 13.0. The Kier molecular flexibility index (Phi) is 2.79. The van der Waals surface area contributed by atoms with E-state index in [9.17, 15) is 19.5 Å². The summed E-state index contributed by atoms with van der Waals surface area (Å²) in [5, 5.41) is 11.0. The number of carbonyl (C=O) groups is 3. The number of rotatable bonds is 1. The minimum absolute atomic E-state index is 0.0532. The average Bonchev–Trinajstić information content (AvgIpc) is 3.02. The Labute approximate surface area is 151 Å². The van der Waals surface area contributed by atoms with Crippen molar-refractivity contribution in [2.45, 2.75) is 56.7 Å². The van der Waals surface area contributed by atoms with Gasteiger partial charge in [0.2, 0.25) is 0 Å². The molecule has 1 saturated heterocycles. The summed E-state index contributed by atoms with van der Waals surface area (Å²) in [5.41, 5.74) is -2.87. The summed E-state index contributed by atoms with van der Waals surface area (Å²) in [6, 6.07) is 0. The van der Waals surface area contributed by atoms with Gasteiger partial charge in [-0.1, -0.05) is 6.58 Å². The molecular formula is C20H24O6. The van der Waals surface area contributed by atoms with Gasteiger partial charge in [-0.2, -0.15) is 0 Å². The third-order valence-corrected chi connectivity index (χ3v) is 8.54. The zero-order chi connectivity index (χ0) is 18.7. The SMILES string of the molecule is C=C1CC23C[C@@]1(O)CC[C@H]2C12CCC(=O)[C@](C)(C(=O)O1)[C@H]2[C@@H]3C(=O)OC. The van der Waals surface area contributed by atoms with Gasteiger partial charge in [0.25, 0.3) is 0 Å². The van der Waals surface area contributed by atoms with Crippen molar-refractivity contribution in [3.8, 4) is 0 Å². The largest absolute Gasteiger partial charge is 0.469 e. The lowest BCUT2D eigenvalue weighted by molar-refractivity contribution is -0.163. The summed E-state index contributed by atoms with van der Waals surface area (Å²) in [5.74, 6) is -2.25. The molecule has 5 aliphatic rings. The molecule has 1 N–H and O–H groups in total. The standard InChI is InChI=1S/C20H24O6/c1-10-8-18-9-19(10,24)6-4-11(18)20-7-5-12(21)17(2,16(23)26-20)14(20)13(18)15(22)25-3/h11,13-14,24H,1,4-9H2,2-3H3/t11-,13-,14-,17+,18?,19+,20?/m1/s1. The van der Waals surface area contributed by atoms with Crippen LogP contribution >= 0.6 is 0 Å². The van der Waals surface area contributed by atoms with Crippen LogP contribution in [0, 0.1) is 28.6 Å². The second kappa shape index (κ2) is 4.41. The summed E-state index contributed by atoms with van der Waals surface area (Å²) in [7, 11) is 1.34. The van der Waals surface area contributed by atoms with Gasteiger partial charge in [0.1, 0.15) is 11.0 Å². The highest BCUT2D eigenvalue weighted by atomic mass is 16.6. The van der Waals surface area contributed by atoms with Crippen LogP contribution in [0.3, 0.4) is 0 Å². The van der Waals surface area contributed by atoms with Crippen molar-refractivity contribution in [1.82, 2.24) is 0 Å².